The summed E-state index contributed by atoms with van der Waals surface area (Å²) in [7, 11) is 0. The number of hydrogen-bond acceptors (Lipinski definition) is 5. The SMILES string of the molecule is CCOc1ccc(Nc2ccc(C(=O)N3CCN(C=O)CC3)cn2)cc1. The highest BCUT2D eigenvalue weighted by Gasteiger charge is 2.21. The molecule has 0 bridgehead atoms. The van der Waals surface area contributed by atoms with E-state index < -0.39 is 0 Å². The van der Waals surface area contributed by atoms with Gasteiger partial charge in [0.25, 0.3) is 5.91 Å². The minimum absolute atomic E-state index is 0.0596. The number of hydrogen-bond donors (Lipinski definition) is 1. The molecule has 7 nitrogen and oxygen atoms in total. The number of rotatable bonds is 6. The Kier molecular flexibility index (Phi) is 5.68. The number of nitrogens with zero attached hydrogens (tertiary/aromatic N) is 3. The van der Waals surface area contributed by atoms with Crippen LogP contribution in [-0.2, 0) is 4.79 Å². The minimum Gasteiger partial charge on any atom is -0.494 e. The van der Waals surface area contributed by atoms with E-state index in [0.29, 0.717) is 44.2 Å². The van der Waals surface area contributed by atoms with Crippen molar-refractivity contribution in [2.24, 2.45) is 0 Å². The van der Waals surface area contributed by atoms with Crippen molar-refractivity contribution in [3.63, 3.8) is 0 Å². The lowest BCUT2D eigenvalue weighted by atomic mass is 10.2. The maximum Gasteiger partial charge on any atom is 0.255 e. The lowest BCUT2D eigenvalue weighted by molar-refractivity contribution is -0.119. The lowest BCUT2D eigenvalue weighted by Crippen LogP contribution is -2.48. The van der Waals surface area contributed by atoms with Crippen molar-refractivity contribution in [3.8, 4) is 5.75 Å². The van der Waals surface area contributed by atoms with Gasteiger partial charge in [-0.25, -0.2) is 4.98 Å². The summed E-state index contributed by atoms with van der Waals surface area (Å²) in [5.41, 5.74) is 1.44. The standard InChI is InChI=1S/C19H22N4O3/c1-2-26-17-6-4-16(5-7-17)21-18-8-3-15(13-20-18)19(25)23-11-9-22(14-24)10-12-23/h3-8,13-14H,2,9-12H2,1H3,(H,20,21). The first-order valence-electron chi connectivity index (χ1n) is 8.64. The average molecular weight is 354 g/mol. The van der Waals surface area contributed by atoms with Crippen molar-refractivity contribution in [3.05, 3.63) is 48.2 Å². The van der Waals surface area contributed by atoms with Gasteiger partial charge in [-0.2, -0.15) is 0 Å². The van der Waals surface area contributed by atoms with Crippen molar-refractivity contribution in [1.82, 2.24) is 14.8 Å². The molecule has 1 aromatic heterocycles. The molecule has 136 valence electrons. The molecule has 2 heterocycles. The molecule has 1 aliphatic rings. The number of aromatic nitrogens is 1. The first kappa shape index (κ1) is 17.7. The molecule has 2 aromatic rings. The third kappa shape index (κ3) is 4.30. The fraction of sp³-hybridized carbons (Fsp3) is 0.316. The molecule has 0 unspecified atom stereocenters. The second-order valence-electron chi connectivity index (χ2n) is 5.95. The van der Waals surface area contributed by atoms with Crippen molar-refractivity contribution in [2.45, 2.75) is 6.92 Å². The molecule has 0 saturated carbocycles. The molecule has 1 saturated heterocycles. The van der Waals surface area contributed by atoms with Gasteiger partial charge in [0.1, 0.15) is 11.6 Å². The predicted molar refractivity (Wildman–Crippen MR) is 98.7 cm³/mol. The molecule has 7 heteroatoms. The molecule has 0 aliphatic carbocycles. The summed E-state index contributed by atoms with van der Waals surface area (Å²) in [6, 6.07) is 11.2. The zero-order chi connectivity index (χ0) is 18.4. The molecule has 0 atom stereocenters. The molecular weight excluding hydrogens is 332 g/mol. The molecule has 0 radical (unpaired) electrons. The third-order valence-electron chi connectivity index (χ3n) is 4.20. The Morgan fingerprint density at radius 3 is 2.46 bits per heavy atom. The summed E-state index contributed by atoms with van der Waals surface area (Å²) < 4.78 is 5.42. The van der Waals surface area contributed by atoms with E-state index in [9.17, 15) is 9.59 Å². The molecular formula is C19H22N4O3. The molecule has 26 heavy (non-hydrogen) atoms. The van der Waals surface area contributed by atoms with E-state index in [-0.39, 0.29) is 5.91 Å². The van der Waals surface area contributed by atoms with Crippen LogP contribution in [0.5, 0.6) is 5.75 Å². The number of piperazine rings is 1. The van der Waals surface area contributed by atoms with Crippen LogP contribution in [0.25, 0.3) is 0 Å². The van der Waals surface area contributed by atoms with Gasteiger partial charge in [-0.15, -0.1) is 0 Å². The number of carbonyl (C=O) groups is 2. The van der Waals surface area contributed by atoms with Crippen LogP contribution in [0, 0.1) is 0 Å². The Labute approximate surface area is 152 Å². The van der Waals surface area contributed by atoms with E-state index >= 15 is 0 Å². The van der Waals surface area contributed by atoms with Crippen molar-refractivity contribution in [2.75, 3.05) is 38.1 Å². The first-order chi connectivity index (χ1) is 12.7. The quantitative estimate of drug-likeness (QED) is 0.805. The van der Waals surface area contributed by atoms with Crippen molar-refractivity contribution < 1.29 is 14.3 Å². The van der Waals surface area contributed by atoms with E-state index in [1.807, 2.05) is 31.2 Å². The molecule has 1 aromatic carbocycles. The van der Waals surface area contributed by atoms with Gasteiger partial charge in [-0.3, -0.25) is 9.59 Å². The van der Waals surface area contributed by atoms with Gasteiger partial charge in [-0.1, -0.05) is 0 Å². The number of ether oxygens (including phenoxy) is 1. The number of carbonyl (C=O) groups excluding carboxylic acids is 2. The largest absolute Gasteiger partial charge is 0.494 e. The highest BCUT2D eigenvalue weighted by atomic mass is 16.5. The topological polar surface area (TPSA) is 74.8 Å². The number of pyridine rings is 1. The van der Waals surface area contributed by atoms with Crippen LogP contribution in [0.3, 0.4) is 0 Å². The van der Waals surface area contributed by atoms with Crippen LogP contribution in [0.4, 0.5) is 11.5 Å². The molecule has 1 aliphatic heterocycles. The van der Waals surface area contributed by atoms with Gasteiger partial charge in [-0.05, 0) is 43.3 Å². The Morgan fingerprint density at radius 1 is 1.15 bits per heavy atom. The number of anilines is 2. The molecule has 3 rings (SSSR count). The van der Waals surface area contributed by atoms with Crippen LogP contribution in [-0.4, -0.2) is 59.9 Å². The number of amides is 2. The van der Waals surface area contributed by atoms with Crippen molar-refractivity contribution >= 4 is 23.8 Å². The van der Waals surface area contributed by atoms with E-state index in [0.717, 1.165) is 17.8 Å². The highest BCUT2D eigenvalue weighted by molar-refractivity contribution is 5.94. The zero-order valence-corrected chi connectivity index (χ0v) is 14.7. The van der Waals surface area contributed by atoms with Gasteiger partial charge >= 0.3 is 0 Å². The predicted octanol–water partition coefficient (Wildman–Crippen LogP) is 2.14. The number of benzene rings is 1. The summed E-state index contributed by atoms with van der Waals surface area (Å²) in [6.45, 7) is 4.81. The molecule has 1 fully saturated rings. The smallest absolute Gasteiger partial charge is 0.255 e. The zero-order valence-electron chi connectivity index (χ0n) is 14.7. The fourth-order valence-corrected chi connectivity index (χ4v) is 2.76. The van der Waals surface area contributed by atoms with Gasteiger partial charge in [0.2, 0.25) is 6.41 Å². The van der Waals surface area contributed by atoms with E-state index in [1.165, 1.54) is 0 Å². The van der Waals surface area contributed by atoms with Crippen LogP contribution < -0.4 is 10.1 Å². The summed E-state index contributed by atoms with van der Waals surface area (Å²) in [6.07, 6.45) is 2.40. The second-order valence-corrected chi connectivity index (χ2v) is 5.95. The highest BCUT2D eigenvalue weighted by Crippen LogP contribution is 2.19. The molecule has 1 N–H and O–H groups in total. The first-order valence-corrected chi connectivity index (χ1v) is 8.64. The maximum absolute atomic E-state index is 12.5. The third-order valence-corrected chi connectivity index (χ3v) is 4.20. The normalized spacial score (nSPS) is 14.0. The van der Waals surface area contributed by atoms with Crippen LogP contribution >= 0.6 is 0 Å². The van der Waals surface area contributed by atoms with Gasteiger partial charge in [0.05, 0.1) is 12.2 Å². The summed E-state index contributed by atoms with van der Waals surface area (Å²) in [4.78, 5) is 31.0. The summed E-state index contributed by atoms with van der Waals surface area (Å²) in [5.74, 6) is 1.42. The van der Waals surface area contributed by atoms with Gasteiger partial charge in [0, 0.05) is 38.1 Å². The van der Waals surface area contributed by atoms with Gasteiger partial charge in [0.15, 0.2) is 0 Å². The maximum atomic E-state index is 12.5. The Hall–Kier alpha value is -3.09. The Balaban J connectivity index is 1.59. The van der Waals surface area contributed by atoms with E-state index in [4.69, 9.17) is 4.74 Å². The minimum atomic E-state index is -0.0596. The summed E-state index contributed by atoms with van der Waals surface area (Å²) in [5, 5.41) is 3.20. The van der Waals surface area contributed by atoms with Gasteiger partial charge < -0.3 is 19.9 Å². The molecule has 0 spiro atoms. The van der Waals surface area contributed by atoms with Crippen LogP contribution in [0.15, 0.2) is 42.6 Å². The fourth-order valence-electron chi connectivity index (χ4n) is 2.76. The molecule has 2 amide bonds. The monoisotopic (exact) mass is 354 g/mol. The Morgan fingerprint density at radius 2 is 1.88 bits per heavy atom. The van der Waals surface area contributed by atoms with Crippen molar-refractivity contribution in [1.29, 1.82) is 0 Å². The number of nitrogens with one attached hydrogen (secondary N) is 1. The van der Waals surface area contributed by atoms with E-state index in [1.54, 1.807) is 28.1 Å². The summed E-state index contributed by atoms with van der Waals surface area (Å²) >= 11 is 0. The Bertz CT molecular complexity index is 738. The second kappa shape index (κ2) is 8.33. The van der Waals surface area contributed by atoms with Crippen LogP contribution in [0.2, 0.25) is 0 Å². The average Bonchev–Trinajstić information content (AvgIpc) is 2.70. The van der Waals surface area contributed by atoms with Crippen LogP contribution in [0.1, 0.15) is 17.3 Å². The lowest BCUT2D eigenvalue weighted by Gasteiger charge is -2.32. The van der Waals surface area contributed by atoms with E-state index in [2.05, 4.69) is 10.3 Å².